The molecule has 0 heterocycles. The van der Waals surface area contributed by atoms with Gasteiger partial charge in [-0.1, -0.05) is 19.1 Å². The first kappa shape index (κ1) is 16.5. The van der Waals surface area contributed by atoms with Crippen LogP contribution in [0.25, 0.3) is 0 Å². The Balaban J connectivity index is 2.59. The van der Waals surface area contributed by atoms with Crippen LogP contribution in [0.3, 0.4) is 0 Å². The summed E-state index contributed by atoms with van der Waals surface area (Å²) in [6.45, 7) is 8.94. The molecule has 3 N–H and O–H groups in total. The van der Waals surface area contributed by atoms with E-state index >= 15 is 0 Å². The molecule has 0 fully saturated rings. The zero-order valence-electron chi connectivity index (χ0n) is 12.6. The van der Waals surface area contributed by atoms with E-state index in [1.54, 1.807) is 18.2 Å². The molecule has 0 saturated heterocycles. The van der Waals surface area contributed by atoms with Gasteiger partial charge in [0.15, 0.2) is 0 Å². The van der Waals surface area contributed by atoms with Crippen molar-refractivity contribution in [1.29, 1.82) is 0 Å². The molecular weight excluding hydrogens is 254 g/mol. The summed E-state index contributed by atoms with van der Waals surface area (Å²) in [5.74, 6) is 5.39. The summed E-state index contributed by atoms with van der Waals surface area (Å²) < 4.78 is 5.73. The molecule has 5 heteroatoms. The van der Waals surface area contributed by atoms with Crippen LogP contribution in [-0.2, 0) is 0 Å². The van der Waals surface area contributed by atoms with E-state index in [1.165, 1.54) is 0 Å². The molecular formula is C15H25N3O2. The van der Waals surface area contributed by atoms with Crippen molar-refractivity contribution in [2.24, 2.45) is 5.84 Å². The Kier molecular flexibility index (Phi) is 7.04. The third-order valence-corrected chi connectivity index (χ3v) is 3.14. The Morgan fingerprint density at radius 3 is 2.65 bits per heavy atom. The molecule has 0 atom stereocenters. The van der Waals surface area contributed by atoms with E-state index in [0.29, 0.717) is 24.0 Å². The molecule has 0 aliphatic carbocycles. The smallest absolute Gasteiger partial charge is 0.268 e. The molecule has 5 nitrogen and oxygen atoms in total. The SMILES string of the molecule is CCCN(CCOc1ccccc1C(=O)NN)C(C)C. The number of rotatable bonds is 8. The van der Waals surface area contributed by atoms with Gasteiger partial charge in [0.2, 0.25) is 0 Å². The summed E-state index contributed by atoms with van der Waals surface area (Å²) in [4.78, 5) is 14.0. The lowest BCUT2D eigenvalue weighted by Gasteiger charge is -2.25. The molecule has 0 aliphatic heterocycles. The minimum absolute atomic E-state index is 0.338. The molecule has 1 rings (SSSR count). The molecule has 0 saturated carbocycles. The number of nitrogens with one attached hydrogen (secondary N) is 1. The van der Waals surface area contributed by atoms with Gasteiger partial charge in [-0.05, 0) is 38.9 Å². The maximum absolute atomic E-state index is 11.6. The van der Waals surface area contributed by atoms with Gasteiger partial charge in [-0.15, -0.1) is 0 Å². The van der Waals surface area contributed by atoms with Gasteiger partial charge < -0.3 is 4.74 Å². The number of nitrogens with zero attached hydrogens (tertiary/aromatic N) is 1. The van der Waals surface area contributed by atoms with Crippen LogP contribution >= 0.6 is 0 Å². The number of nitrogen functional groups attached to an aromatic ring is 1. The summed E-state index contributed by atoms with van der Waals surface area (Å²) >= 11 is 0. The summed E-state index contributed by atoms with van der Waals surface area (Å²) in [6, 6.07) is 7.60. The quantitative estimate of drug-likeness (QED) is 0.432. The predicted octanol–water partition coefficient (Wildman–Crippen LogP) is 1.79. The predicted molar refractivity (Wildman–Crippen MR) is 80.6 cm³/mol. The second kappa shape index (κ2) is 8.55. The van der Waals surface area contributed by atoms with Crippen LogP contribution in [-0.4, -0.2) is 36.5 Å². The third-order valence-electron chi connectivity index (χ3n) is 3.14. The Morgan fingerprint density at radius 2 is 2.05 bits per heavy atom. The van der Waals surface area contributed by atoms with Crippen molar-refractivity contribution >= 4 is 5.91 Å². The molecule has 1 aromatic carbocycles. The van der Waals surface area contributed by atoms with Gasteiger partial charge in [-0.3, -0.25) is 15.1 Å². The van der Waals surface area contributed by atoms with Crippen LogP contribution < -0.4 is 16.0 Å². The van der Waals surface area contributed by atoms with Crippen LogP contribution in [0.2, 0.25) is 0 Å². The van der Waals surface area contributed by atoms with E-state index < -0.39 is 0 Å². The highest BCUT2D eigenvalue weighted by Gasteiger charge is 2.12. The molecule has 1 aromatic rings. The molecule has 0 spiro atoms. The monoisotopic (exact) mass is 279 g/mol. The first-order valence-corrected chi connectivity index (χ1v) is 7.07. The van der Waals surface area contributed by atoms with Crippen LogP contribution in [0.4, 0.5) is 0 Å². The van der Waals surface area contributed by atoms with Gasteiger partial charge in [0.1, 0.15) is 12.4 Å². The largest absolute Gasteiger partial charge is 0.491 e. The molecule has 112 valence electrons. The van der Waals surface area contributed by atoms with Crippen molar-refractivity contribution in [3.8, 4) is 5.75 Å². The molecule has 0 aromatic heterocycles. The lowest BCUT2D eigenvalue weighted by Crippen LogP contribution is -2.35. The van der Waals surface area contributed by atoms with Crippen molar-refractivity contribution in [2.75, 3.05) is 19.7 Å². The summed E-state index contributed by atoms with van der Waals surface area (Å²) in [7, 11) is 0. The van der Waals surface area contributed by atoms with Gasteiger partial charge in [0, 0.05) is 12.6 Å². The van der Waals surface area contributed by atoms with Gasteiger partial charge in [0.05, 0.1) is 5.56 Å². The number of nitrogens with two attached hydrogens (primary N) is 1. The van der Waals surface area contributed by atoms with E-state index in [1.807, 2.05) is 6.07 Å². The Hall–Kier alpha value is -1.59. The number of benzene rings is 1. The van der Waals surface area contributed by atoms with E-state index in [9.17, 15) is 4.79 Å². The molecule has 20 heavy (non-hydrogen) atoms. The number of para-hydroxylation sites is 1. The average Bonchev–Trinajstić information content (AvgIpc) is 2.45. The fraction of sp³-hybridized carbons (Fsp3) is 0.533. The molecule has 0 bridgehead atoms. The second-order valence-corrected chi connectivity index (χ2v) is 4.95. The topological polar surface area (TPSA) is 67.6 Å². The maximum atomic E-state index is 11.6. The summed E-state index contributed by atoms with van der Waals surface area (Å²) in [5, 5.41) is 0. The van der Waals surface area contributed by atoms with Crippen molar-refractivity contribution in [2.45, 2.75) is 33.2 Å². The van der Waals surface area contributed by atoms with Crippen molar-refractivity contribution in [3.63, 3.8) is 0 Å². The normalized spacial score (nSPS) is 10.9. The van der Waals surface area contributed by atoms with Crippen molar-refractivity contribution in [1.82, 2.24) is 10.3 Å². The fourth-order valence-electron chi connectivity index (χ4n) is 2.05. The number of amides is 1. The first-order valence-electron chi connectivity index (χ1n) is 7.07. The number of carbonyl (C=O) groups is 1. The lowest BCUT2D eigenvalue weighted by molar-refractivity contribution is 0.0948. The molecule has 0 aliphatic rings. The van der Waals surface area contributed by atoms with Crippen molar-refractivity contribution in [3.05, 3.63) is 29.8 Å². The van der Waals surface area contributed by atoms with Gasteiger partial charge in [0.25, 0.3) is 5.91 Å². The Morgan fingerprint density at radius 1 is 1.35 bits per heavy atom. The zero-order valence-corrected chi connectivity index (χ0v) is 12.6. The van der Waals surface area contributed by atoms with E-state index in [0.717, 1.165) is 19.5 Å². The second-order valence-electron chi connectivity index (χ2n) is 4.95. The molecule has 0 unspecified atom stereocenters. The van der Waals surface area contributed by atoms with Gasteiger partial charge in [-0.2, -0.15) is 0 Å². The third kappa shape index (κ3) is 4.83. The summed E-state index contributed by atoms with van der Waals surface area (Å²) in [6.07, 6.45) is 1.12. The highest BCUT2D eigenvalue weighted by molar-refractivity contribution is 5.96. The van der Waals surface area contributed by atoms with Crippen molar-refractivity contribution < 1.29 is 9.53 Å². The summed E-state index contributed by atoms with van der Waals surface area (Å²) in [5.41, 5.74) is 2.59. The standard InChI is InChI=1S/C15H25N3O2/c1-4-9-18(12(2)3)10-11-20-14-8-6-5-7-13(14)15(19)17-16/h5-8,12H,4,9-11,16H2,1-3H3,(H,17,19). The average molecular weight is 279 g/mol. The van der Waals surface area contributed by atoms with Crippen LogP contribution in [0.1, 0.15) is 37.6 Å². The lowest BCUT2D eigenvalue weighted by atomic mass is 10.2. The van der Waals surface area contributed by atoms with Crippen LogP contribution in [0, 0.1) is 0 Å². The molecule has 0 radical (unpaired) electrons. The first-order chi connectivity index (χ1) is 9.60. The highest BCUT2D eigenvalue weighted by Crippen LogP contribution is 2.17. The van der Waals surface area contributed by atoms with E-state index in [2.05, 4.69) is 31.1 Å². The number of carbonyl (C=O) groups excluding carboxylic acids is 1. The number of ether oxygens (including phenoxy) is 1. The minimum atomic E-state index is -0.338. The highest BCUT2D eigenvalue weighted by atomic mass is 16.5. The van der Waals surface area contributed by atoms with Crippen LogP contribution in [0.5, 0.6) is 5.75 Å². The minimum Gasteiger partial charge on any atom is -0.491 e. The van der Waals surface area contributed by atoms with Gasteiger partial charge >= 0.3 is 0 Å². The fourth-order valence-corrected chi connectivity index (χ4v) is 2.05. The number of hydrogen-bond donors (Lipinski definition) is 2. The van der Waals surface area contributed by atoms with Crippen LogP contribution in [0.15, 0.2) is 24.3 Å². The zero-order chi connectivity index (χ0) is 15.0. The van der Waals surface area contributed by atoms with E-state index in [-0.39, 0.29) is 5.91 Å². The Bertz CT molecular complexity index is 421. The van der Waals surface area contributed by atoms with E-state index in [4.69, 9.17) is 10.6 Å². The number of hydrogen-bond acceptors (Lipinski definition) is 4. The van der Waals surface area contributed by atoms with Gasteiger partial charge in [-0.25, -0.2) is 5.84 Å². The maximum Gasteiger partial charge on any atom is 0.268 e. The Labute approximate surface area is 121 Å². The molecule has 1 amide bonds. The number of hydrazine groups is 1.